The molecule has 0 unspecified atom stereocenters. The van der Waals surface area contributed by atoms with Gasteiger partial charge in [0.1, 0.15) is 17.4 Å². The zero-order chi connectivity index (χ0) is 15.7. The highest BCUT2D eigenvalue weighted by Gasteiger charge is 2.44. The fourth-order valence-corrected chi connectivity index (χ4v) is 3.75. The van der Waals surface area contributed by atoms with Crippen LogP contribution in [0.2, 0.25) is 0 Å². The first-order chi connectivity index (χ1) is 10.5. The van der Waals surface area contributed by atoms with Crippen molar-refractivity contribution >= 4 is 5.69 Å². The third kappa shape index (κ3) is 2.57. The van der Waals surface area contributed by atoms with Gasteiger partial charge in [0.15, 0.2) is 0 Å². The summed E-state index contributed by atoms with van der Waals surface area (Å²) in [4.78, 5) is 2.08. The lowest BCUT2D eigenvalue weighted by atomic mass is 9.79. The summed E-state index contributed by atoms with van der Waals surface area (Å²) in [5, 5.41) is 20.0. The average molecular weight is 304 g/mol. The van der Waals surface area contributed by atoms with Crippen LogP contribution in [0.25, 0.3) is 0 Å². The highest BCUT2D eigenvalue weighted by atomic mass is 19.1. The molecule has 4 nitrogen and oxygen atoms in total. The van der Waals surface area contributed by atoms with Crippen LogP contribution < -0.4 is 4.90 Å². The molecule has 3 rings (SSSR count). The van der Waals surface area contributed by atoms with Gasteiger partial charge >= 0.3 is 0 Å². The van der Waals surface area contributed by atoms with Gasteiger partial charge in [-0.1, -0.05) is 6.07 Å². The van der Waals surface area contributed by atoms with E-state index in [4.69, 9.17) is 4.74 Å². The summed E-state index contributed by atoms with van der Waals surface area (Å²) in [6, 6.07) is 6.79. The molecule has 3 atom stereocenters. The van der Waals surface area contributed by atoms with Gasteiger partial charge in [-0.3, -0.25) is 0 Å². The lowest BCUT2D eigenvalue weighted by molar-refractivity contribution is -0.108. The van der Waals surface area contributed by atoms with Crippen LogP contribution in [0, 0.1) is 23.1 Å². The first-order valence-corrected chi connectivity index (χ1v) is 7.80. The Hall–Kier alpha value is -1.64. The monoisotopic (exact) mass is 304 g/mol. The molecule has 2 aliphatic rings. The molecule has 5 heteroatoms. The SMILES string of the molecule is C[C@]1(O)CCOC[C@@H]1[C@@H]1CCCN1c1cccc(F)c1C#N. The smallest absolute Gasteiger partial charge is 0.143 e. The molecule has 1 aromatic carbocycles. The summed E-state index contributed by atoms with van der Waals surface area (Å²) >= 11 is 0. The highest BCUT2D eigenvalue weighted by molar-refractivity contribution is 5.61. The van der Waals surface area contributed by atoms with Gasteiger partial charge in [0.05, 0.1) is 17.9 Å². The number of anilines is 1. The largest absolute Gasteiger partial charge is 0.390 e. The van der Waals surface area contributed by atoms with Crippen molar-refractivity contribution in [2.75, 3.05) is 24.7 Å². The molecular weight excluding hydrogens is 283 g/mol. The van der Waals surface area contributed by atoms with Gasteiger partial charge in [-0.2, -0.15) is 5.26 Å². The van der Waals surface area contributed by atoms with E-state index >= 15 is 0 Å². The van der Waals surface area contributed by atoms with Gasteiger partial charge in [0.2, 0.25) is 0 Å². The molecule has 1 aromatic rings. The molecule has 0 aromatic heterocycles. The fourth-order valence-electron chi connectivity index (χ4n) is 3.75. The minimum Gasteiger partial charge on any atom is -0.390 e. The van der Waals surface area contributed by atoms with Crippen molar-refractivity contribution in [2.45, 2.75) is 37.8 Å². The second-order valence-corrected chi connectivity index (χ2v) is 6.44. The predicted molar refractivity (Wildman–Crippen MR) is 81.0 cm³/mol. The van der Waals surface area contributed by atoms with E-state index in [2.05, 4.69) is 4.90 Å². The van der Waals surface area contributed by atoms with Crippen molar-refractivity contribution in [3.8, 4) is 6.07 Å². The molecular formula is C17H21FN2O2. The Morgan fingerprint density at radius 2 is 2.32 bits per heavy atom. The fraction of sp³-hybridized carbons (Fsp3) is 0.588. The summed E-state index contributed by atoms with van der Waals surface area (Å²) in [6.45, 7) is 3.70. The minimum atomic E-state index is -0.786. The van der Waals surface area contributed by atoms with Crippen LogP contribution in [0.4, 0.5) is 10.1 Å². The van der Waals surface area contributed by atoms with Crippen molar-refractivity contribution in [1.29, 1.82) is 5.26 Å². The standard InChI is InChI=1S/C17H21FN2O2/c1-17(21)7-9-22-11-13(17)16-6-3-8-20(16)15-5-2-4-14(18)12(15)10-19/h2,4-5,13,16,21H,3,6-9,11H2,1H3/t13-,16+,17+/m1/s1. The molecule has 2 heterocycles. The molecule has 0 amide bonds. The number of hydrogen-bond acceptors (Lipinski definition) is 4. The summed E-state index contributed by atoms with van der Waals surface area (Å²) in [7, 11) is 0. The second-order valence-electron chi connectivity index (χ2n) is 6.44. The Bertz CT molecular complexity index is 597. The number of benzene rings is 1. The van der Waals surface area contributed by atoms with E-state index < -0.39 is 11.4 Å². The van der Waals surface area contributed by atoms with E-state index in [1.165, 1.54) is 6.07 Å². The number of nitrogens with zero attached hydrogens (tertiary/aromatic N) is 2. The van der Waals surface area contributed by atoms with Crippen LogP contribution in [0.5, 0.6) is 0 Å². The predicted octanol–water partition coefficient (Wildman–Crippen LogP) is 2.45. The third-order valence-corrected chi connectivity index (χ3v) is 5.03. The Labute approximate surface area is 130 Å². The lowest BCUT2D eigenvalue weighted by Gasteiger charge is -2.44. The number of hydrogen-bond donors (Lipinski definition) is 1. The van der Waals surface area contributed by atoms with Gasteiger partial charge in [-0.25, -0.2) is 4.39 Å². The molecule has 0 saturated carbocycles. The zero-order valence-corrected chi connectivity index (χ0v) is 12.8. The van der Waals surface area contributed by atoms with E-state index in [-0.39, 0.29) is 17.5 Å². The van der Waals surface area contributed by atoms with Crippen LogP contribution in [0.15, 0.2) is 18.2 Å². The Kier molecular flexibility index (Phi) is 4.07. The van der Waals surface area contributed by atoms with E-state index in [1.807, 2.05) is 13.0 Å². The summed E-state index contributed by atoms with van der Waals surface area (Å²) < 4.78 is 19.5. The van der Waals surface area contributed by atoms with E-state index in [0.29, 0.717) is 25.3 Å². The third-order valence-electron chi connectivity index (χ3n) is 5.03. The maximum Gasteiger partial charge on any atom is 0.143 e. The molecule has 0 aliphatic carbocycles. The average Bonchev–Trinajstić information content (AvgIpc) is 2.95. The molecule has 2 fully saturated rings. The first-order valence-electron chi connectivity index (χ1n) is 7.80. The molecule has 0 radical (unpaired) electrons. The van der Waals surface area contributed by atoms with Gasteiger partial charge in [0, 0.05) is 25.1 Å². The van der Waals surface area contributed by atoms with Crippen molar-refractivity contribution in [2.24, 2.45) is 5.92 Å². The zero-order valence-electron chi connectivity index (χ0n) is 12.8. The quantitative estimate of drug-likeness (QED) is 0.912. The van der Waals surface area contributed by atoms with E-state index in [9.17, 15) is 14.8 Å². The number of aliphatic hydroxyl groups is 1. The molecule has 2 aliphatic heterocycles. The second kappa shape index (κ2) is 5.86. The van der Waals surface area contributed by atoms with Crippen LogP contribution in [0.1, 0.15) is 31.7 Å². The number of nitriles is 1. The Morgan fingerprint density at radius 3 is 3.05 bits per heavy atom. The molecule has 22 heavy (non-hydrogen) atoms. The van der Waals surface area contributed by atoms with Crippen molar-refractivity contribution in [1.82, 2.24) is 0 Å². The molecule has 1 N–H and O–H groups in total. The molecule has 2 saturated heterocycles. The van der Waals surface area contributed by atoms with Crippen molar-refractivity contribution in [3.05, 3.63) is 29.6 Å². The van der Waals surface area contributed by atoms with Gasteiger partial charge in [-0.05, 0) is 38.3 Å². The van der Waals surface area contributed by atoms with Crippen LogP contribution in [-0.2, 0) is 4.74 Å². The number of halogens is 1. The van der Waals surface area contributed by atoms with E-state index in [1.54, 1.807) is 12.1 Å². The lowest BCUT2D eigenvalue weighted by Crippen LogP contribution is -2.52. The van der Waals surface area contributed by atoms with Gasteiger partial charge in [-0.15, -0.1) is 0 Å². The maximum atomic E-state index is 13.9. The van der Waals surface area contributed by atoms with Crippen molar-refractivity contribution < 1.29 is 14.2 Å². The summed E-state index contributed by atoms with van der Waals surface area (Å²) in [5.74, 6) is -0.518. The van der Waals surface area contributed by atoms with E-state index in [0.717, 1.165) is 19.4 Å². The minimum absolute atomic E-state index is 0.0291. The number of ether oxygens (including phenoxy) is 1. The molecule has 0 bridgehead atoms. The summed E-state index contributed by atoms with van der Waals surface area (Å²) in [6.07, 6.45) is 2.50. The van der Waals surface area contributed by atoms with Gasteiger partial charge in [0.25, 0.3) is 0 Å². The number of rotatable bonds is 2. The highest BCUT2D eigenvalue weighted by Crippen LogP contribution is 2.39. The normalized spacial score (nSPS) is 32.0. The molecule has 0 spiro atoms. The van der Waals surface area contributed by atoms with Gasteiger partial charge < -0.3 is 14.7 Å². The van der Waals surface area contributed by atoms with Crippen LogP contribution in [0.3, 0.4) is 0 Å². The summed E-state index contributed by atoms with van der Waals surface area (Å²) in [5.41, 5.74) is -0.0665. The Morgan fingerprint density at radius 1 is 1.50 bits per heavy atom. The first kappa shape index (κ1) is 15.3. The van der Waals surface area contributed by atoms with Crippen LogP contribution >= 0.6 is 0 Å². The van der Waals surface area contributed by atoms with Crippen LogP contribution in [-0.4, -0.2) is 36.5 Å². The maximum absolute atomic E-state index is 13.9. The topological polar surface area (TPSA) is 56.5 Å². The molecule has 118 valence electrons. The Balaban J connectivity index is 1.94. The van der Waals surface area contributed by atoms with Crippen molar-refractivity contribution in [3.63, 3.8) is 0 Å².